The quantitative estimate of drug-likeness (QED) is 0.547. The van der Waals surface area contributed by atoms with Crippen LogP contribution in [0.1, 0.15) is 59.2 Å². The van der Waals surface area contributed by atoms with Gasteiger partial charge in [-0.25, -0.2) is 4.98 Å². The van der Waals surface area contributed by atoms with Crippen LogP contribution in [0.2, 0.25) is 0 Å². The Balaban J connectivity index is 2.36. The van der Waals surface area contributed by atoms with Gasteiger partial charge in [-0.1, -0.05) is 20.8 Å². The summed E-state index contributed by atoms with van der Waals surface area (Å²) in [5.74, 6) is 0.861. The maximum absolute atomic E-state index is 4.74. The van der Waals surface area contributed by atoms with Gasteiger partial charge in [-0.2, -0.15) is 0 Å². The van der Waals surface area contributed by atoms with E-state index in [0.29, 0.717) is 12.1 Å². The van der Waals surface area contributed by atoms with Crippen molar-refractivity contribution in [2.45, 2.75) is 72.4 Å². The van der Waals surface area contributed by atoms with Crippen LogP contribution in [0, 0.1) is 0 Å². The first-order valence-corrected chi connectivity index (χ1v) is 10.2. The molecule has 0 aliphatic heterocycles. The molecule has 144 valence electrons. The van der Waals surface area contributed by atoms with Crippen LogP contribution in [0.3, 0.4) is 0 Å². The Bertz CT molecular complexity index is 520. The Hall–Kier alpha value is -1.14. The lowest BCUT2D eigenvalue weighted by Gasteiger charge is -2.30. The highest BCUT2D eigenvalue weighted by Gasteiger charge is 2.17. The van der Waals surface area contributed by atoms with Gasteiger partial charge in [-0.3, -0.25) is 9.89 Å². The number of nitrogens with zero attached hydrogens (tertiary/aromatic N) is 3. The number of aromatic nitrogens is 1. The zero-order chi connectivity index (χ0) is 19.0. The van der Waals surface area contributed by atoms with Gasteiger partial charge in [-0.05, 0) is 27.7 Å². The van der Waals surface area contributed by atoms with E-state index in [1.165, 1.54) is 10.7 Å². The van der Waals surface area contributed by atoms with Crippen LogP contribution in [-0.4, -0.2) is 54.6 Å². The molecule has 0 fully saturated rings. The van der Waals surface area contributed by atoms with Gasteiger partial charge in [0.1, 0.15) is 0 Å². The molecule has 0 saturated carbocycles. The van der Waals surface area contributed by atoms with E-state index >= 15 is 0 Å². The Morgan fingerprint density at radius 2 is 1.76 bits per heavy atom. The van der Waals surface area contributed by atoms with Crippen molar-refractivity contribution >= 4 is 17.3 Å². The van der Waals surface area contributed by atoms with E-state index in [2.05, 4.69) is 74.4 Å². The summed E-state index contributed by atoms with van der Waals surface area (Å²) in [5.41, 5.74) is 1.30. The summed E-state index contributed by atoms with van der Waals surface area (Å²) in [7, 11) is 1.82. The number of guanidine groups is 1. The van der Waals surface area contributed by atoms with E-state index in [1.807, 2.05) is 7.05 Å². The van der Waals surface area contributed by atoms with Crippen molar-refractivity contribution in [1.29, 1.82) is 0 Å². The van der Waals surface area contributed by atoms with Crippen LogP contribution in [0.15, 0.2) is 10.4 Å². The van der Waals surface area contributed by atoms with Crippen LogP contribution in [0.4, 0.5) is 0 Å². The van der Waals surface area contributed by atoms with Crippen molar-refractivity contribution in [3.8, 4) is 0 Å². The van der Waals surface area contributed by atoms with Crippen LogP contribution < -0.4 is 10.6 Å². The Kier molecular flexibility index (Phi) is 8.86. The highest BCUT2D eigenvalue weighted by Crippen LogP contribution is 2.23. The molecular weight excluding hydrogens is 330 g/mol. The molecule has 0 aromatic carbocycles. The van der Waals surface area contributed by atoms with Crippen LogP contribution in [0.25, 0.3) is 0 Å². The van der Waals surface area contributed by atoms with Gasteiger partial charge in [0.15, 0.2) is 5.96 Å². The van der Waals surface area contributed by atoms with E-state index < -0.39 is 0 Å². The van der Waals surface area contributed by atoms with E-state index in [9.17, 15) is 0 Å². The third-order valence-corrected chi connectivity index (χ3v) is 5.07. The van der Waals surface area contributed by atoms with Crippen LogP contribution in [0.5, 0.6) is 0 Å². The van der Waals surface area contributed by atoms with Crippen molar-refractivity contribution in [2.75, 3.05) is 26.7 Å². The highest BCUT2D eigenvalue weighted by atomic mass is 32.1. The van der Waals surface area contributed by atoms with Gasteiger partial charge in [0.2, 0.25) is 0 Å². The lowest BCUT2D eigenvalue weighted by Crippen LogP contribution is -2.45. The smallest absolute Gasteiger partial charge is 0.191 e. The van der Waals surface area contributed by atoms with Crippen molar-refractivity contribution in [1.82, 2.24) is 20.5 Å². The molecular formula is C19H37N5S. The SMILES string of the molecule is CN=C(NCCc1nc(C(C)(C)C)cs1)NCCN(C(C)C)C(C)C. The summed E-state index contributed by atoms with van der Waals surface area (Å²) >= 11 is 1.75. The Morgan fingerprint density at radius 1 is 1.16 bits per heavy atom. The molecule has 0 aliphatic carbocycles. The molecule has 2 N–H and O–H groups in total. The third kappa shape index (κ3) is 7.74. The standard InChI is InChI=1S/C19H37N5S/c1-14(2)24(15(3)4)12-11-22-18(20-8)21-10-9-17-23-16(13-25-17)19(5,6)7/h13-15H,9-12H2,1-8H3,(H2,20,21,22). The van der Waals surface area contributed by atoms with E-state index in [0.717, 1.165) is 32.0 Å². The lowest BCUT2D eigenvalue weighted by atomic mass is 9.93. The number of aliphatic imine (C=N–C) groups is 1. The van der Waals surface area contributed by atoms with Gasteiger partial charge in [0.05, 0.1) is 10.7 Å². The molecule has 1 aromatic heterocycles. The van der Waals surface area contributed by atoms with Gasteiger partial charge in [0.25, 0.3) is 0 Å². The second-order valence-electron chi connectivity index (χ2n) is 7.98. The number of hydrogen-bond donors (Lipinski definition) is 2. The summed E-state index contributed by atoms with van der Waals surface area (Å²) in [6.45, 7) is 18.3. The average Bonchev–Trinajstić information content (AvgIpc) is 2.97. The molecule has 0 amide bonds. The minimum Gasteiger partial charge on any atom is -0.356 e. The molecule has 0 saturated heterocycles. The van der Waals surface area contributed by atoms with Crippen LogP contribution >= 0.6 is 11.3 Å². The first kappa shape index (κ1) is 21.9. The molecule has 1 heterocycles. The molecule has 0 radical (unpaired) electrons. The maximum atomic E-state index is 4.74. The van der Waals surface area contributed by atoms with Crippen molar-refractivity contribution in [3.63, 3.8) is 0 Å². The largest absolute Gasteiger partial charge is 0.356 e. The molecule has 1 aromatic rings. The van der Waals surface area contributed by atoms with Crippen LogP contribution in [-0.2, 0) is 11.8 Å². The molecule has 25 heavy (non-hydrogen) atoms. The first-order chi connectivity index (χ1) is 11.6. The van der Waals surface area contributed by atoms with E-state index in [4.69, 9.17) is 4.98 Å². The molecule has 0 atom stereocenters. The van der Waals surface area contributed by atoms with E-state index in [1.54, 1.807) is 11.3 Å². The summed E-state index contributed by atoms with van der Waals surface area (Å²) in [4.78, 5) is 11.5. The van der Waals surface area contributed by atoms with Gasteiger partial charge in [0, 0.05) is 56.0 Å². The second kappa shape index (κ2) is 10.1. The third-order valence-electron chi connectivity index (χ3n) is 4.16. The fraction of sp³-hybridized carbons (Fsp3) is 0.789. The molecule has 1 rings (SSSR count). The zero-order valence-electron chi connectivity index (χ0n) is 17.3. The van der Waals surface area contributed by atoms with Gasteiger partial charge < -0.3 is 10.6 Å². The maximum Gasteiger partial charge on any atom is 0.191 e. The summed E-state index contributed by atoms with van der Waals surface area (Å²) in [6, 6.07) is 1.11. The number of rotatable bonds is 8. The van der Waals surface area contributed by atoms with Crippen molar-refractivity contribution in [3.05, 3.63) is 16.1 Å². The minimum absolute atomic E-state index is 0.123. The van der Waals surface area contributed by atoms with Crippen molar-refractivity contribution in [2.24, 2.45) is 4.99 Å². The molecule has 0 unspecified atom stereocenters. The number of nitrogens with one attached hydrogen (secondary N) is 2. The lowest BCUT2D eigenvalue weighted by molar-refractivity contribution is 0.178. The molecule has 0 spiro atoms. The number of hydrogen-bond acceptors (Lipinski definition) is 4. The van der Waals surface area contributed by atoms with Gasteiger partial charge in [-0.15, -0.1) is 11.3 Å². The zero-order valence-corrected chi connectivity index (χ0v) is 18.1. The van der Waals surface area contributed by atoms with Crippen molar-refractivity contribution < 1.29 is 0 Å². The Morgan fingerprint density at radius 3 is 2.24 bits per heavy atom. The predicted molar refractivity (Wildman–Crippen MR) is 111 cm³/mol. The molecule has 6 heteroatoms. The monoisotopic (exact) mass is 367 g/mol. The predicted octanol–water partition coefficient (Wildman–Crippen LogP) is 3.27. The minimum atomic E-state index is 0.123. The first-order valence-electron chi connectivity index (χ1n) is 9.30. The second-order valence-corrected chi connectivity index (χ2v) is 8.92. The highest BCUT2D eigenvalue weighted by molar-refractivity contribution is 7.09. The topological polar surface area (TPSA) is 52.6 Å². The number of thiazole rings is 1. The fourth-order valence-electron chi connectivity index (χ4n) is 2.69. The molecule has 5 nitrogen and oxygen atoms in total. The summed E-state index contributed by atoms with van der Waals surface area (Å²) in [6.07, 6.45) is 0.922. The average molecular weight is 368 g/mol. The Labute approximate surface area is 158 Å². The van der Waals surface area contributed by atoms with Gasteiger partial charge >= 0.3 is 0 Å². The normalized spacial score (nSPS) is 13.2. The van der Waals surface area contributed by atoms with E-state index in [-0.39, 0.29) is 5.41 Å². The fourth-order valence-corrected chi connectivity index (χ4v) is 3.72. The summed E-state index contributed by atoms with van der Waals surface area (Å²) in [5, 5.41) is 10.1. The summed E-state index contributed by atoms with van der Waals surface area (Å²) < 4.78 is 0. The molecule has 0 aliphatic rings. The molecule has 0 bridgehead atoms.